The van der Waals surface area contributed by atoms with Crippen LogP contribution in [0.3, 0.4) is 0 Å². The first kappa shape index (κ1) is 25.5. The van der Waals surface area contributed by atoms with Crippen molar-refractivity contribution in [1.82, 2.24) is 0 Å². The summed E-state index contributed by atoms with van der Waals surface area (Å²) in [5.41, 5.74) is -3.42. The van der Waals surface area contributed by atoms with E-state index < -0.39 is 70.4 Å². The van der Waals surface area contributed by atoms with E-state index in [-0.39, 0.29) is 28.3 Å². The van der Waals surface area contributed by atoms with E-state index >= 15 is 0 Å². The summed E-state index contributed by atoms with van der Waals surface area (Å²) < 4.78 is 80.8. The number of carbonyl (C=O) groups is 3. The quantitative estimate of drug-likeness (QED) is 0.390. The highest BCUT2D eigenvalue weighted by atomic mass is 19.4. The van der Waals surface area contributed by atoms with Gasteiger partial charge in [0.2, 0.25) is 0 Å². The minimum Gasteiger partial charge on any atom is -0.481 e. The molecule has 3 aromatic carbocycles. The highest BCUT2D eigenvalue weighted by molar-refractivity contribution is 6.13. The number of ketones is 1. The maximum Gasteiger partial charge on any atom is 0.417 e. The summed E-state index contributed by atoms with van der Waals surface area (Å²) >= 11 is 0. The summed E-state index contributed by atoms with van der Waals surface area (Å²) in [5.74, 6) is -8.00. The van der Waals surface area contributed by atoms with Crippen LogP contribution in [0.2, 0.25) is 0 Å². The molecule has 38 heavy (non-hydrogen) atoms. The molecular weight excluding hydrogens is 518 g/mol. The zero-order valence-corrected chi connectivity index (χ0v) is 19.0. The average molecular weight is 534 g/mol. The summed E-state index contributed by atoms with van der Waals surface area (Å²) in [5, 5.41) is 19.6. The van der Waals surface area contributed by atoms with Gasteiger partial charge in [0.15, 0.2) is 5.78 Å². The topological polar surface area (TPSA) is 91.7 Å². The molecule has 3 aromatic rings. The highest BCUT2D eigenvalue weighted by Gasteiger charge is 2.61. The Bertz CT molecular complexity index is 1510. The summed E-state index contributed by atoms with van der Waals surface area (Å²) in [6.07, 6.45) is -10.2. The zero-order chi connectivity index (χ0) is 27.7. The molecule has 4 atom stereocenters. The molecule has 1 saturated carbocycles. The summed E-state index contributed by atoms with van der Waals surface area (Å²) in [6, 6.07) is 10.7. The van der Waals surface area contributed by atoms with Crippen molar-refractivity contribution in [3.63, 3.8) is 0 Å². The molecule has 5 nitrogen and oxygen atoms in total. The standard InChI is InChI=1S/C27H16F6O5/c28-26(29,30)12-6-8-13(18(10-12)27(31,32)33)11-5-7-15-17(9-11)23(34)16-4-2-1-3-14(16)19-20(15)22(25(37)38)21(19)24(35)36/h1-10,19-22H,(H,35,36)(H,37,38)/t19-,20+,21-,22+/m0/s1. The van der Waals surface area contributed by atoms with Gasteiger partial charge >= 0.3 is 24.3 Å². The van der Waals surface area contributed by atoms with E-state index in [0.29, 0.717) is 17.7 Å². The Hall–Kier alpha value is -4.15. The monoisotopic (exact) mass is 534 g/mol. The number of carboxylic acid groups (broad SMARTS) is 2. The summed E-state index contributed by atoms with van der Waals surface area (Å²) in [4.78, 5) is 37.6. The van der Waals surface area contributed by atoms with Crippen LogP contribution in [0.15, 0.2) is 60.7 Å². The molecule has 0 radical (unpaired) electrons. The van der Waals surface area contributed by atoms with Gasteiger partial charge < -0.3 is 10.2 Å². The molecule has 1 fully saturated rings. The SMILES string of the molecule is O=C1c2ccccc2[C@@H]2[C@H](C(=O)O)[C@H](C(=O)O)[C@@H]2c2ccc(-c3ccc(C(F)(F)F)cc3C(F)(F)F)cc21. The molecular formula is C27H16F6O5. The Balaban J connectivity index is 1.73. The number of halogens is 6. The molecule has 0 aliphatic heterocycles. The number of benzene rings is 3. The normalized spacial score (nSPS) is 22.4. The molecule has 2 N–H and O–H groups in total. The van der Waals surface area contributed by atoms with Crippen LogP contribution < -0.4 is 0 Å². The van der Waals surface area contributed by atoms with Crippen molar-refractivity contribution in [2.75, 3.05) is 0 Å². The van der Waals surface area contributed by atoms with Crippen LogP contribution in [0.25, 0.3) is 11.1 Å². The fourth-order valence-corrected chi connectivity index (χ4v) is 5.69. The van der Waals surface area contributed by atoms with Crippen LogP contribution in [-0.4, -0.2) is 27.9 Å². The maximum atomic E-state index is 13.8. The molecule has 2 aliphatic rings. The van der Waals surface area contributed by atoms with Crippen molar-refractivity contribution in [3.8, 4) is 11.1 Å². The van der Waals surface area contributed by atoms with E-state index in [9.17, 15) is 50.9 Å². The highest BCUT2D eigenvalue weighted by Crippen LogP contribution is 2.60. The lowest BCUT2D eigenvalue weighted by molar-refractivity contribution is -0.164. The van der Waals surface area contributed by atoms with Crippen LogP contribution >= 0.6 is 0 Å². The molecule has 2 aliphatic carbocycles. The van der Waals surface area contributed by atoms with E-state index in [1.54, 1.807) is 6.07 Å². The Labute approximate surface area is 210 Å². The number of hydrogen-bond donors (Lipinski definition) is 2. The van der Waals surface area contributed by atoms with Crippen molar-refractivity contribution in [2.24, 2.45) is 11.8 Å². The Morgan fingerprint density at radius 2 is 1.24 bits per heavy atom. The lowest BCUT2D eigenvalue weighted by Crippen LogP contribution is -2.51. The fraction of sp³-hybridized carbons (Fsp3) is 0.222. The van der Waals surface area contributed by atoms with Gasteiger partial charge in [-0.2, -0.15) is 26.3 Å². The second-order valence-electron chi connectivity index (χ2n) is 9.25. The van der Waals surface area contributed by atoms with Gasteiger partial charge in [-0.05, 0) is 40.5 Å². The molecule has 0 saturated heterocycles. The Morgan fingerprint density at radius 3 is 1.79 bits per heavy atom. The number of fused-ring (bicyclic) bond motifs is 5. The van der Waals surface area contributed by atoms with Gasteiger partial charge in [0.1, 0.15) is 0 Å². The third-order valence-electron chi connectivity index (χ3n) is 7.30. The summed E-state index contributed by atoms with van der Waals surface area (Å²) in [7, 11) is 0. The number of aliphatic carboxylic acids is 2. The first-order valence-corrected chi connectivity index (χ1v) is 11.2. The third kappa shape index (κ3) is 3.84. The minimum atomic E-state index is -5.15. The van der Waals surface area contributed by atoms with Crippen LogP contribution in [0.5, 0.6) is 0 Å². The predicted octanol–water partition coefficient (Wildman–Crippen LogP) is 6.22. The van der Waals surface area contributed by atoms with Crippen LogP contribution in [-0.2, 0) is 21.9 Å². The average Bonchev–Trinajstić information content (AvgIpc) is 2.89. The second kappa shape index (κ2) is 8.44. The van der Waals surface area contributed by atoms with E-state index in [1.165, 1.54) is 30.3 Å². The van der Waals surface area contributed by atoms with E-state index in [0.717, 1.165) is 6.07 Å². The number of carbonyl (C=O) groups excluding carboxylic acids is 1. The Morgan fingerprint density at radius 1 is 0.658 bits per heavy atom. The third-order valence-corrected chi connectivity index (χ3v) is 7.30. The van der Waals surface area contributed by atoms with Crippen LogP contribution in [0, 0.1) is 11.8 Å². The Kier molecular flexibility index (Phi) is 5.66. The van der Waals surface area contributed by atoms with Gasteiger partial charge in [-0.15, -0.1) is 0 Å². The molecule has 0 aromatic heterocycles. The van der Waals surface area contributed by atoms with E-state index in [2.05, 4.69) is 0 Å². The van der Waals surface area contributed by atoms with Gasteiger partial charge in [-0.3, -0.25) is 14.4 Å². The molecule has 11 heteroatoms. The number of carboxylic acids is 2. The fourth-order valence-electron chi connectivity index (χ4n) is 5.69. The van der Waals surface area contributed by atoms with Crippen molar-refractivity contribution in [1.29, 1.82) is 0 Å². The lowest BCUT2D eigenvalue weighted by Gasteiger charge is -2.48. The van der Waals surface area contributed by atoms with E-state index in [4.69, 9.17) is 0 Å². The minimum absolute atomic E-state index is 0.00198. The van der Waals surface area contributed by atoms with Gasteiger partial charge in [0.25, 0.3) is 0 Å². The molecule has 0 unspecified atom stereocenters. The van der Waals surface area contributed by atoms with Crippen LogP contribution in [0.1, 0.15) is 50.0 Å². The number of hydrogen-bond acceptors (Lipinski definition) is 3. The number of rotatable bonds is 3. The van der Waals surface area contributed by atoms with Crippen molar-refractivity contribution >= 4 is 17.7 Å². The van der Waals surface area contributed by atoms with Crippen molar-refractivity contribution in [3.05, 3.63) is 94.0 Å². The van der Waals surface area contributed by atoms with Crippen molar-refractivity contribution < 1.29 is 50.9 Å². The largest absolute Gasteiger partial charge is 0.481 e. The lowest BCUT2D eigenvalue weighted by atomic mass is 9.52. The summed E-state index contributed by atoms with van der Waals surface area (Å²) in [6.45, 7) is 0. The molecule has 0 heterocycles. The van der Waals surface area contributed by atoms with Crippen LogP contribution in [0.4, 0.5) is 26.3 Å². The zero-order valence-electron chi connectivity index (χ0n) is 19.0. The van der Waals surface area contributed by atoms with E-state index in [1.807, 2.05) is 0 Å². The second-order valence-corrected chi connectivity index (χ2v) is 9.25. The smallest absolute Gasteiger partial charge is 0.417 e. The first-order valence-electron chi connectivity index (χ1n) is 11.2. The first-order chi connectivity index (χ1) is 17.7. The van der Waals surface area contributed by atoms with Gasteiger partial charge in [-0.25, -0.2) is 0 Å². The molecule has 0 bridgehead atoms. The van der Waals surface area contributed by atoms with Gasteiger partial charge in [-0.1, -0.05) is 42.5 Å². The predicted molar refractivity (Wildman–Crippen MR) is 119 cm³/mol. The number of alkyl halides is 6. The molecule has 5 rings (SSSR count). The van der Waals surface area contributed by atoms with Gasteiger partial charge in [0.05, 0.1) is 23.0 Å². The molecule has 0 spiro atoms. The van der Waals surface area contributed by atoms with Gasteiger partial charge in [0, 0.05) is 23.0 Å². The maximum absolute atomic E-state index is 13.8. The molecule has 0 amide bonds. The molecule has 196 valence electrons. The van der Waals surface area contributed by atoms with Crippen molar-refractivity contribution in [2.45, 2.75) is 24.2 Å².